The van der Waals surface area contributed by atoms with E-state index in [1.807, 2.05) is 6.92 Å². The predicted molar refractivity (Wildman–Crippen MR) is 86.5 cm³/mol. The van der Waals surface area contributed by atoms with Crippen LogP contribution in [0.3, 0.4) is 0 Å². The molecule has 25 heavy (non-hydrogen) atoms. The third-order valence-corrected chi connectivity index (χ3v) is 3.42. The van der Waals surface area contributed by atoms with Crippen molar-refractivity contribution in [3.63, 3.8) is 0 Å². The minimum absolute atomic E-state index is 0.0793. The normalized spacial score (nSPS) is 11.8. The van der Waals surface area contributed by atoms with Crippen LogP contribution in [0.25, 0.3) is 0 Å². The van der Waals surface area contributed by atoms with Crippen LogP contribution in [0.15, 0.2) is 34.5 Å². The van der Waals surface area contributed by atoms with Gasteiger partial charge in [0, 0.05) is 5.56 Å². The molecule has 2 nitrogen and oxygen atoms in total. The van der Waals surface area contributed by atoms with E-state index >= 15 is 0 Å². The van der Waals surface area contributed by atoms with Crippen molar-refractivity contribution in [2.24, 2.45) is 10.2 Å². The van der Waals surface area contributed by atoms with Crippen molar-refractivity contribution in [1.82, 2.24) is 0 Å². The lowest BCUT2D eigenvalue weighted by molar-refractivity contribution is 0.447. The predicted octanol–water partition coefficient (Wildman–Crippen LogP) is 5.18. The molecular formula is C18H15F5N2. The Hall–Kier alpha value is -2.57. The summed E-state index contributed by atoms with van der Waals surface area (Å²) < 4.78 is 66.7. The molecule has 0 atom stereocenters. The maximum atomic E-state index is 13.9. The van der Waals surface area contributed by atoms with Crippen molar-refractivity contribution in [2.75, 3.05) is 0 Å². The summed E-state index contributed by atoms with van der Waals surface area (Å²) in [4.78, 5) is 0. The fourth-order valence-electron chi connectivity index (χ4n) is 2.13. The second kappa shape index (κ2) is 8.50. The zero-order chi connectivity index (χ0) is 18.4. The lowest BCUT2D eigenvalue weighted by Gasteiger charge is -2.04. The van der Waals surface area contributed by atoms with E-state index in [2.05, 4.69) is 10.2 Å². The van der Waals surface area contributed by atoms with E-state index in [0.29, 0.717) is 12.0 Å². The molecule has 7 heteroatoms. The summed E-state index contributed by atoms with van der Waals surface area (Å²) >= 11 is 0. The SMILES string of the molecule is CCCCc1cc(F)c(C=NN=Cc2cc(F)c(F)c(F)c2)c(F)c1. The molecule has 0 aromatic heterocycles. The van der Waals surface area contributed by atoms with Gasteiger partial charge in [0.1, 0.15) is 11.6 Å². The van der Waals surface area contributed by atoms with Crippen LogP contribution < -0.4 is 0 Å². The van der Waals surface area contributed by atoms with Gasteiger partial charge in [-0.2, -0.15) is 10.2 Å². The maximum Gasteiger partial charge on any atom is 0.194 e. The van der Waals surface area contributed by atoms with Gasteiger partial charge in [-0.05, 0) is 42.7 Å². The van der Waals surface area contributed by atoms with Gasteiger partial charge in [0.25, 0.3) is 0 Å². The molecule has 0 spiro atoms. The Morgan fingerprint density at radius 2 is 1.36 bits per heavy atom. The molecule has 0 unspecified atom stereocenters. The molecule has 0 amide bonds. The summed E-state index contributed by atoms with van der Waals surface area (Å²) in [6, 6.07) is 3.91. The van der Waals surface area contributed by atoms with Crippen LogP contribution >= 0.6 is 0 Å². The lowest BCUT2D eigenvalue weighted by atomic mass is 10.1. The first-order valence-electron chi connectivity index (χ1n) is 7.61. The van der Waals surface area contributed by atoms with Gasteiger partial charge < -0.3 is 0 Å². The van der Waals surface area contributed by atoms with Crippen LogP contribution in [0.4, 0.5) is 22.0 Å². The highest BCUT2D eigenvalue weighted by Crippen LogP contribution is 2.16. The molecule has 0 N–H and O–H groups in total. The van der Waals surface area contributed by atoms with Crippen LogP contribution in [0.1, 0.15) is 36.5 Å². The molecule has 0 radical (unpaired) electrons. The Balaban J connectivity index is 2.14. The van der Waals surface area contributed by atoms with Crippen molar-refractivity contribution in [3.05, 3.63) is 70.0 Å². The van der Waals surface area contributed by atoms with Gasteiger partial charge >= 0.3 is 0 Å². The van der Waals surface area contributed by atoms with Crippen molar-refractivity contribution < 1.29 is 22.0 Å². The molecule has 0 aliphatic rings. The van der Waals surface area contributed by atoms with E-state index < -0.39 is 29.1 Å². The van der Waals surface area contributed by atoms with Gasteiger partial charge in [0.05, 0.1) is 18.0 Å². The number of rotatable bonds is 6. The van der Waals surface area contributed by atoms with Crippen LogP contribution in [0, 0.1) is 29.1 Å². The molecule has 2 aromatic carbocycles. The van der Waals surface area contributed by atoms with Crippen molar-refractivity contribution in [3.8, 4) is 0 Å². The monoisotopic (exact) mass is 354 g/mol. The van der Waals surface area contributed by atoms with E-state index in [1.54, 1.807) is 0 Å². The smallest absolute Gasteiger partial charge is 0.194 e. The molecule has 0 aliphatic carbocycles. The number of hydrogen-bond acceptors (Lipinski definition) is 2. The molecule has 0 saturated carbocycles. The first kappa shape index (κ1) is 18.8. The minimum Gasteiger partial charge on any atom is -0.206 e. The van der Waals surface area contributed by atoms with Crippen LogP contribution in [0.5, 0.6) is 0 Å². The quantitative estimate of drug-likeness (QED) is 0.296. The fraction of sp³-hybridized carbons (Fsp3) is 0.222. The average Bonchev–Trinajstić information content (AvgIpc) is 2.56. The summed E-state index contributed by atoms with van der Waals surface area (Å²) in [5.41, 5.74) is 0.105. The van der Waals surface area contributed by atoms with Crippen LogP contribution in [-0.2, 0) is 6.42 Å². The first-order valence-corrected chi connectivity index (χ1v) is 7.61. The van der Waals surface area contributed by atoms with Crippen molar-refractivity contribution >= 4 is 12.4 Å². The number of nitrogens with zero attached hydrogens (tertiary/aromatic N) is 2. The molecular weight excluding hydrogens is 339 g/mol. The number of halogens is 5. The Morgan fingerprint density at radius 3 is 1.92 bits per heavy atom. The number of benzene rings is 2. The molecule has 0 saturated heterocycles. The maximum absolute atomic E-state index is 13.9. The Bertz CT molecular complexity index is 769. The lowest BCUT2D eigenvalue weighted by Crippen LogP contribution is -1.98. The van der Waals surface area contributed by atoms with Gasteiger partial charge in [-0.3, -0.25) is 0 Å². The third-order valence-electron chi connectivity index (χ3n) is 3.42. The topological polar surface area (TPSA) is 24.7 Å². The van der Waals surface area contributed by atoms with E-state index in [1.165, 1.54) is 12.1 Å². The average molecular weight is 354 g/mol. The van der Waals surface area contributed by atoms with E-state index in [9.17, 15) is 22.0 Å². The Kier molecular flexibility index (Phi) is 6.38. The van der Waals surface area contributed by atoms with Crippen molar-refractivity contribution in [1.29, 1.82) is 0 Å². The highest BCUT2D eigenvalue weighted by atomic mass is 19.2. The molecule has 0 heterocycles. The second-order valence-electron chi connectivity index (χ2n) is 5.36. The zero-order valence-corrected chi connectivity index (χ0v) is 13.4. The summed E-state index contributed by atoms with van der Waals surface area (Å²) in [5.74, 6) is -5.88. The van der Waals surface area contributed by atoms with Gasteiger partial charge in [-0.15, -0.1) is 0 Å². The van der Waals surface area contributed by atoms with Gasteiger partial charge in [0.2, 0.25) is 0 Å². The number of unbranched alkanes of at least 4 members (excludes halogenated alkanes) is 1. The largest absolute Gasteiger partial charge is 0.206 e. The summed E-state index contributed by atoms with van der Waals surface area (Å²) in [7, 11) is 0. The molecule has 0 bridgehead atoms. The number of aryl methyl sites for hydroxylation is 1. The second-order valence-corrected chi connectivity index (χ2v) is 5.36. The van der Waals surface area contributed by atoms with Crippen molar-refractivity contribution in [2.45, 2.75) is 26.2 Å². The van der Waals surface area contributed by atoms with E-state index in [-0.39, 0.29) is 11.1 Å². The molecule has 2 aromatic rings. The first-order chi connectivity index (χ1) is 11.9. The molecule has 2 rings (SSSR count). The summed E-state index contributed by atoms with van der Waals surface area (Å²) in [5, 5.41) is 6.92. The van der Waals surface area contributed by atoms with Gasteiger partial charge in [-0.25, -0.2) is 22.0 Å². The highest BCUT2D eigenvalue weighted by Gasteiger charge is 2.10. The standard InChI is InChI=1S/C18H15F5N2/c1-2-3-4-11-5-14(19)13(15(20)6-11)10-25-24-9-12-7-16(21)18(23)17(22)8-12/h5-10H,2-4H2,1H3. The van der Waals surface area contributed by atoms with E-state index in [4.69, 9.17) is 0 Å². The fourth-order valence-corrected chi connectivity index (χ4v) is 2.13. The van der Waals surface area contributed by atoms with Gasteiger partial charge in [-0.1, -0.05) is 13.3 Å². The molecule has 0 aliphatic heterocycles. The highest BCUT2D eigenvalue weighted by molar-refractivity contribution is 5.83. The molecule has 0 fully saturated rings. The number of hydrogen-bond donors (Lipinski definition) is 0. The van der Waals surface area contributed by atoms with Crippen LogP contribution in [-0.4, -0.2) is 12.4 Å². The summed E-state index contributed by atoms with van der Waals surface area (Å²) in [6.45, 7) is 1.98. The minimum atomic E-state index is -1.59. The Morgan fingerprint density at radius 1 is 0.800 bits per heavy atom. The summed E-state index contributed by atoms with van der Waals surface area (Å²) in [6.07, 6.45) is 4.10. The Labute approximate surface area is 141 Å². The van der Waals surface area contributed by atoms with Gasteiger partial charge in [0.15, 0.2) is 17.5 Å². The zero-order valence-electron chi connectivity index (χ0n) is 13.4. The van der Waals surface area contributed by atoms with Crippen LogP contribution in [0.2, 0.25) is 0 Å². The molecule has 132 valence electrons. The van der Waals surface area contributed by atoms with E-state index in [0.717, 1.165) is 37.4 Å². The third kappa shape index (κ3) is 4.95.